The molecule has 0 N–H and O–H groups in total. The van der Waals surface area contributed by atoms with E-state index in [1.54, 1.807) is 17.0 Å². The van der Waals surface area contributed by atoms with Gasteiger partial charge in [-0.25, -0.2) is 0 Å². The van der Waals surface area contributed by atoms with Crippen molar-refractivity contribution in [2.45, 2.75) is 17.7 Å². The normalized spacial score (nSPS) is 9.55. The lowest BCUT2D eigenvalue weighted by molar-refractivity contribution is -0.128. The molecule has 1 aromatic carbocycles. The fraction of sp³-hybridized carbons (Fsp3) is 0.357. The number of nitrogens with zero attached hydrogens (tertiary/aromatic N) is 3. The first kappa shape index (κ1) is 16.4. The molecule has 0 aliphatic rings. The Morgan fingerprint density at radius 2 is 1.70 bits per heavy atom. The molecule has 0 unspecified atom stereocenters. The van der Waals surface area contributed by atoms with Gasteiger partial charge in [-0.05, 0) is 24.3 Å². The van der Waals surface area contributed by atoms with Gasteiger partial charge in [0.05, 0.1) is 30.7 Å². The highest BCUT2D eigenvalue weighted by atomic mass is 35.5. The van der Waals surface area contributed by atoms with E-state index in [9.17, 15) is 4.79 Å². The molecule has 0 radical (unpaired) electrons. The highest BCUT2D eigenvalue weighted by Crippen LogP contribution is 2.20. The molecule has 1 rings (SSSR count). The molecule has 0 spiro atoms. The minimum Gasteiger partial charge on any atom is -0.340 e. The average molecular weight is 308 g/mol. The Bertz CT molecular complexity index is 501. The van der Waals surface area contributed by atoms with Crippen molar-refractivity contribution in [1.82, 2.24) is 4.90 Å². The predicted octanol–water partition coefficient (Wildman–Crippen LogP) is 3.09. The standard InChI is InChI=1S/C14H14ClN3OS/c15-12-3-5-13(6-4-12)20-11-14(19)18(9-1-7-16)10-2-8-17/h3-6H,1-2,9-11H2. The molecule has 104 valence electrons. The highest BCUT2D eigenvalue weighted by Gasteiger charge is 2.13. The van der Waals surface area contributed by atoms with Crippen molar-refractivity contribution in [3.05, 3.63) is 29.3 Å². The number of hydrogen-bond acceptors (Lipinski definition) is 4. The summed E-state index contributed by atoms with van der Waals surface area (Å²) in [5.41, 5.74) is 0. The van der Waals surface area contributed by atoms with Gasteiger partial charge in [0.25, 0.3) is 0 Å². The molecular weight excluding hydrogens is 294 g/mol. The molecule has 1 amide bonds. The fourth-order valence-electron chi connectivity index (χ4n) is 1.50. The van der Waals surface area contributed by atoms with Crippen molar-refractivity contribution in [1.29, 1.82) is 10.5 Å². The summed E-state index contributed by atoms with van der Waals surface area (Å²) in [5.74, 6) is 0.230. The quantitative estimate of drug-likeness (QED) is 0.726. The number of hydrogen-bond donors (Lipinski definition) is 0. The molecule has 4 nitrogen and oxygen atoms in total. The van der Waals surface area contributed by atoms with Crippen LogP contribution in [0, 0.1) is 22.7 Å². The van der Waals surface area contributed by atoms with E-state index in [0.29, 0.717) is 23.9 Å². The molecule has 20 heavy (non-hydrogen) atoms. The van der Waals surface area contributed by atoms with E-state index in [2.05, 4.69) is 0 Å². The van der Waals surface area contributed by atoms with Gasteiger partial charge in [-0.2, -0.15) is 10.5 Å². The highest BCUT2D eigenvalue weighted by molar-refractivity contribution is 8.00. The summed E-state index contributed by atoms with van der Waals surface area (Å²) in [6.07, 6.45) is 0.561. The lowest BCUT2D eigenvalue weighted by Crippen LogP contribution is -2.34. The number of carbonyl (C=O) groups is 1. The first-order chi connectivity index (χ1) is 9.67. The third-order valence-corrected chi connectivity index (χ3v) is 3.76. The summed E-state index contributed by atoms with van der Waals surface area (Å²) in [7, 11) is 0. The molecule has 0 aromatic heterocycles. The van der Waals surface area contributed by atoms with Crippen LogP contribution in [0.1, 0.15) is 12.8 Å². The van der Waals surface area contributed by atoms with Gasteiger partial charge in [-0.15, -0.1) is 11.8 Å². The topological polar surface area (TPSA) is 67.9 Å². The maximum absolute atomic E-state index is 12.1. The summed E-state index contributed by atoms with van der Waals surface area (Å²) in [6, 6.07) is 11.3. The minimum atomic E-state index is -0.0598. The van der Waals surface area contributed by atoms with Crippen molar-refractivity contribution in [2.75, 3.05) is 18.8 Å². The van der Waals surface area contributed by atoms with Crippen LogP contribution in [0.5, 0.6) is 0 Å². The first-order valence-corrected chi connectivity index (χ1v) is 7.43. The molecule has 0 aliphatic heterocycles. The van der Waals surface area contributed by atoms with Crippen LogP contribution in [0.2, 0.25) is 5.02 Å². The zero-order valence-corrected chi connectivity index (χ0v) is 12.5. The Morgan fingerprint density at radius 1 is 1.15 bits per heavy atom. The number of benzene rings is 1. The summed E-state index contributed by atoms with van der Waals surface area (Å²) >= 11 is 7.21. The number of amides is 1. The lowest BCUT2D eigenvalue weighted by atomic mass is 10.3. The zero-order valence-electron chi connectivity index (χ0n) is 10.9. The average Bonchev–Trinajstić information content (AvgIpc) is 2.46. The molecule has 0 fully saturated rings. The summed E-state index contributed by atoms with van der Waals surface area (Å²) in [4.78, 5) is 14.6. The number of thioether (sulfide) groups is 1. The van der Waals surface area contributed by atoms with E-state index >= 15 is 0 Å². The third kappa shape index (κ3) is 5.97. The maximum Gasteiger partial charge on any atom is 0.232 e. The number of carbonyl (C=O) groups excluding carboxylic acids is 1. The van der Waals surface area contributed by atoms with Gasteiger partial charge in [0, 0.05) is 23.0 Å². The van der Waals surface area contributed by atoms with E-state index in [-0.39, 0.29) is 18.7 Å². The fourth-order valence-corrected chi connectivity index (χ4v) is 2.43. The van der Waals surface area contributed by atoms with Crippen molar-refractivity contribution in [3.8, 4) is 12.1 Å². The van der Waals surface area contributed by atoms with E-state index in [1.807, 2.05) is 24.3 Å². The van der Waals surface area contributed by atoms with Gasteiger partial charge in [0.1, 0.15) is 0 Å². The Balaban J connectivity index is 2.50. The summed E-state index contributed by atoms with van der Waals surface area (Å²) in [5, 5.41) is 17.8. The van der Waals surface area contributed by atoms with Gasteiger partial charge in [0.2, 0.25) is 5.91 Å². The SMILES string of the molecule is N#CCCN(CCC#N)C(=O)CSc1ccc(Cl)cc1. The molecule has 0 aliphatic carbocycles. The lowest BCUT2D eigenvalue weighted by Gasteiger charge is -2.20. The van der Waals surface area contributed by atoms with Crippen LogP contribution >= 0.6 is 23.4 Å². The zero-order chi connectivity index (χ0) is 14.8. The van der Waals surface area contributed by atoms with Crippen LogP contribution in [0.15, 0.2) is 29.2 Å². The van der Waals surface area contributed by atoms with Crippen LogP contribution < -0.4 is 0 Å². The second kappa shape index (κ2) is 9.25. The van der Waals surface area contributed by atoms with Crippen molar-refractivity contribution >= 4 is 29.3 Å². The molecule has 0 heterocycles. The van der Waals surface area contributed by atoms with Gasteiger partial charge < -0.3 is 4.90 Å². The van der Waals surface area contributed by atoms with E-state index in [0.717, 1.165) is 4.90 Å². The van der Waals surface area contributed by atoms with Gasteiger partial charge in [-0.3, -0.25) is 4.79 Å². The van der Waals surface area contributed by atoms with Crippen LogP contribution in [0.3, 0.4) is 0 Å². The number of rotatable bonds is 7. The van der Waals surface area contributed by atoms with Crippen molar-refractivity contribution in [2.24, 2.45) is 0 Å². The predicted molar refractivity (Wildman–Crippen MR) is 79.2 cm³/mol. The first-order valence-electron chi connectivity index (χ1n) is 6.07. The van der Waals surface area contributed by atoms with E-state index < -0.39 is 0 Å². The summed E-state index contributed by atoms with van der Waals surface area (Å²) < 4.78 is 0. The second-order valence-electron chi connectivity index (χ2n) is 3.94. The van der Waals surface area contributed by atoms with Gasteiger partial charge >= 0.3 is 0 Å². The molecule has 0 saturated carbocycles. The van der Waals surface area contributed by atoms with E-state index in [4.69, 9.17) is 22.1 Å². The van der Waals surface area contributed by atoms with Crippen molar-refractivity contribution in [3.63, 3.8) is 0 Å². The number of nitriles is 2. The second-order valence-corrected chi connectivity index (χ2v) is 5.42. The molecule has 1 aromatic rings. The number of halogens is 1. The van der Waals surface area contributed by atoms with Crippen LogP contribution in [0.25, 0.3) is 0 Å². The largest absolute Gasteiger partial charge is 0.340 e. The third-order valence-electron chi connectivity index (χ3n) is 2.52. The van der Waals surface area contributed by atoms with Gasteiger partial charge in [0.15, 0.2) is 0 Å². The van der Waals surface area contributed by atoms with Crippen LogP contribution in [0.4, 0.5) is 0 Å². The molecule has 6 heteroatoms. The Kier molecular flexibility index (Phi) is 7.57. The van der Waals surface area contributed by atoms with Crippen molar-refractivity contribution < 1.29 is 4.79 Å². The van der Waals surface area contributed by atoms with Crippen LogP contribution in [-0.4, -0.2) is 29.6 Å². The maximum atomic E-state index is 12.1. The Hall–Kier alpha value is -1.69. The van der Waals surface area contributed by atoms with E-state index in [1.165, 1.54) is 11.8 Å². The van der Waals surface area contributed by atoms with Crippen LogP contribution in [-0.2, 0) is 4.79 Å². The molecule has 0 atom stereocenters. The smallest absolute Gasteiger partial charge is 0.232 e. The molecule has 0 bridgehead atoms. The molecular formula is C14H14ClN3OS. The van der Waals surface area contributed by atoms with Gasteiger partial charge in [-0.1, -0.05) is 11.6 Å². The Labute approximate surface area is 127 Å². The molecule has 0 saturated heterocycles. The minimum absolute atomic E-state index is 0.0598. The Morgan fingerprint density at radius 3 is 2.20 bits per heavy atom. The monoisotopic (exact) mass is 307 g/mol. The summed E-state index contributed by atoms with van der Waals surface area (Å²) in [6.45, 7) is 0.746.